The summed E-state index contributed by atoms with van der Waals surface area (Å²) >= 11 is 10.6. The third-order valence-electron chi connectivity index (χ3n) is 5.06. The number of carboxylic acid groups (broad SMARTS) is 1. The van der Waals surface area contributed by atoms with Gasteiger partial charge in [0.25, 0.3) is 0 Å². The third kappa shape index (κ3) is 7.11. The molecule has 0 aliphatic carbocycles. The van der Waals surface area contributed by atoms with Gasteiger partial charge in [0, 0.05) is 43.4 Å². The normalized spacial score (nSPS) is 10.4. The van der Waals surface area contributed by atoms with Crippen LogP contribution in [0.1, 0.15) is 24.0 Å². The molecule has 7 nitrogen and oxygen atoms in total. The minimum Gasteiger partial charge on any atom is -0.550 e. The first-order valence-corrected chi connectivity index (χ1v) is 10.9. The Morgan fingerprint density at radius 3 is 2.31 bits per heavy atom. The monoisotopic (exact) mass is 495 g/mol. The van der Waals surface area contributed by atoms with E-state index in [4.69, 9.17) is 24.4 Å². The molecule has 3 rings (SSSR count). The maximum atomic E-state index is 11.0. The van der Waals surface area contributed by atoms with Crippen molar-refractivity contribution in [1.29, 1.82) is 0 Å². The molecule has 3 N–H and O–H groups in total. The molecule has 164 valence electrons. The number of carbonyl (C=O) groups excluding carboxylic acids is 1. The first-order valence-electron chi connectivity index (χ1n) is 10.1. The van der Waals surface area contributed by atoms with Gasteiger partial charge in [-0.25, -0.2) is 0 Å². The summed E-state index contributed by atoms with van der Waals surface area (Å²) in [6.45, 7) is 6.00. The van der Waals surface area contributed by atoms with Gasteiger partial charge in [0.05, 0.1) is 5.69 Å². The summed E-state index contributed by atoms with van der Waals surface area (Å²) in [5.41, 5.74) is 5.21. The molecule has 0 saturated carbocycles. The molecule has 10 heteroatoms. The summed E-state index contributed by atoms with van der Waals surface area (Å²) in [6.07, 6.45) is 0.843. The molecular formula is C22H26KN5O2S2. The molecule has 0 bridgehead atoms. The molecule has 0 spiro atoms. The number of hydrogen-bond acceptors (Lipinski definition) is 6. The number of aromatic amines is 2. The number of nitrogens with one attached hydrogen (secondary N) is 3. The van der Waals surface area contributed by atoms with Crippen LogP contribution in [0.5, 0.6) is 0 Å². The Labute approximate surface area is 240 Å². The van der Waals surface area contributed by atoms with Crippen LogP contribution in [-0.4, -0.2) is 40.4 Å². The number of carbonyl (C=O) groups is 1. The smallest absolute Gasteiger partial charge is 0.550 e. The van der Waals surface area contributed by atoms with Gasteiger partial charge in [-0.3, -0.25) is 14.8 Å². The van der Waals surface area contributed by atoms with Crippen molar-refractivity contribution in [3.8, 4) is 5.69 Å². The van der Waals surface area contributed by atoms with E-state index in [-0.39, 0.29) is 57.8 Å². The van der Waals surface area contributed by atoms with Crippen LogP contribution in [0, 0.1) is 23.4 Å². The van der Waals surface area contributed by atoms with E-state index in [1.54, 1.807) is 4.57 Å². The summed E-state index contributed by atoms with van der Waals surface area (Å²) in [7, 11) is 0. The van der Waals surface area contributed by atoms with Crippen LogP contribution in [-0.2, 0) is 4.79 Å². The van der Waals surface area contributed by atoms with E-state index >= 15 is 0 Å². The molecule has 0 fully saturated rings. The number of benzene rings is 2. The Morgan fingerprint density at radius 2 is 1.69 bits per heavy atom. The zero-order chi connectivity index (χ0) is 22.4. The quantitative estimate of drug-likeness (QED) is 0.218. The number of aliphatic carboxylic acids is 1. The van der Waals surface area contributed by atoms with Crippen LogP contribution in [0.25, 0.3) is 5.69 Å². The maximum absolute atomic E-state index is 11.0. The van der Waals surface area contributed by atoms with Crippen molar-refractivity contribution < 1.29 is 61.3 Å². The largest absolute Gasteiger partial charge is 1.00 e. The van der Waals surface area contributed by atoms with E-state index in [0.29, 0.717) is 16.1 Å². The van der Waals surface area contributed by atoms with Gasteiger partial charge in [0.2, 0.25) is 0 Å². The van der Waals surface area contributed by atoms with Crippen LogP contribution >= 0.6 is 24.4 Å². The Morgan fingerprint density at radius 1 is 1.06 bits per heavy atom. The van der Waals surface area contributed by atoms with E-state index in [1.807, 2.05) is 30.3 Å². The standard InChI is InChI=1S/C22H27N5O2S2.K/c1-15-6-3-7-16(2)20(15)26(13-10-19(28)29)12-5-11-23-17-8-4-9-18(14-17)27-21(30)24-25-22(27)31;/h3-4,6-9,14,23H,5,10-13H2,1-2H3,(H,24,30)(H,25,31)(H,28,29);/q;+1/p-1. The first kappa shape index (κ1) is 27.0. The predicted molar refractivity (Wildman–Crippen MR) is 127 cm³/mol. The number of aryl methyl sites for hydroxylation is 2. The molecule has 32 heavy (non-hydrogen) atoms. The fraction of sp³-hybridized carbons (Fsp3) is 0.318. The van der Waals surface area contributed by atoms with Crippen molar-refractivity contribution in [2.45, 2.75) is 26.7 Å². The van der Waals surface area contributed by atoms with Crippen molar-refractivity contribution in [2.75, 3.05) is 29.9 Å². The summed E-state index contributed by atoms with van der Waals surface area (Å²) in [5, 5.41) is 20.1. The van der Waals surface area contributed by atoms with Crippen molar-refractivity contribution in [2.24, 2.45) is 0 Å². The number of para-hydroxylation sites is 1. The van der Waals surface area contributed by atoms with Crippen LogP contribution < -0.4 is 66.7 Å². The second-order valence-electron chi connectivity index (χ2n) is 7.38. The first-order chi connectivity index (χ1) is 14.9. The van der Waals surface area contributed by atoms with Crippen molar-refractivity contribution >= 4 is 41.8 Å². The second-order valence-corrected chi connectivity index (χ2v) is 8.15. The van der Waals surface area contributed by atoms with E-state index in [0.717, 1.165) is 47.7 Å². The minimum atomic E-state index is -1.03. The van der Waals surface area contributed by atoms with Crippen LogP contribution in [0.4, 0.5) is 11.4 Å². The molecule has 0 radical (unpaired) electrons. The van der Waals surface area contributed by atoms with E-state index in [1.165, 1.54) is 0 Å². The number of carboxylic acids is 1. The van der Waals surface area contributed by atoms with E-state index < -0.39 is 5.97 Å². The molecule has 0 atom stereocenters. The third-order valence-corrected chi connectivity index (χ3v) is 5.63. The van der Waals surface area contributed by atoms with Crippen LogP contribution in [0.3, 0.4) is 0 Å². The number of nitrogens with zero attached hydrogens (tertiary/aromatic N) is 2. The summed E-state index contributed by atoms with van der Waals surface area (Å²) in [5.74, 6) is -1.03. The number of aromatic nitrogens is 3. The van der Waals surface area contributed by atoms with Crippen molar-refractivity contribution in [3.63, 3.8) is 0 Å². The summed E-state index contributed by atoms with van der Waals surface area (Å²) < 4.78 is 2.79. The van der Waals surface area contributed by atoms with Gasteiger partial charge >= 0.3 is 51.4 Å². The SMILES string of the molecule is Cc1cccc(C)c1N(CCCNc1cccc(-n2c(=S)[nH][nH]c2=S)c1)CCC(=O)[O-].[K+]. The average Bonchev–Trinajstić information content (AvgIpc) is 3.06. The van der Waals surface area contributed by atoms with Gasteiger partial charge in [-0.1, -0.05) is 24.3 Å². The average molecular weight is 496 g/mol. The molecule has 0 saturated heterocycles. The Bertz CT molecular complexity index is 1120. The van der Waals surface area contributed by atoms with E-state index in [9.17, 15) is 9.90 Å². The topological polar surface area (TPSA) is 91.9 Å². The number of hydrogen-bond donors (Lipinski definition) is 3. The zero-order valence-corrected chi connectivity index (χ0v) is 23.4. The molecule has 1 heterocycles. The van der Waals surface area contributed by atoms with Gasteiger partial charge in [0.15, 0.2) is 9.54 Å². The zero-order valence-electron chi connectivity index (χ0n) is 18.6. The molecule has 0 aliphatic heterocycles. The van der Waals surface area contributed by atoms with Crippen molar-refractivity contribution in [1.82, 2.24) is 14.8 Å². The number of anilines is 2. The Balaban J connectivity index is 0.00000363. The summed E-state index contributed by atoms with van der Waals surface area (Å²) in [4.78, 5) is 13.2. The predicted octanol–water partition coefficient (Wildman–Crippen LogP) is 0.662. The van der Waals surface area contributed by atoms with Gasteiger partial charge < -0.3 is 20.1 Å². The summed E-state index contributed by atoms with van der Waals surface area (Å²) in [6, 6.07) is 14.0. The Hall–Kier alpha value is -1.27. The fourth-order valence-electron chi connectivity index (χ4n) is 3.67. The Kier molecular flexibility index (Phi) is 10.8. The minimum absolute atomic E-state index is 0. The maximum Gasteiger partial charge on any atom is 1.00 e. The van der Waals surface area contributed by atoms with Crippen LogP contribution in [0.15, 0.2) is 42.5 Å². The van der Waals surface area contributed by atoms with Crippen LogP contribution in [0.2, 0.25) is 0 Å². The van der Waals surface area contributed by atoms with Crippen molar-refractivity contribution in [3.05, 3.63) is 63.1 Å². The van der Waals surface area contributed by atoms with E-state index in [2.05, 4.69) is 46.4 Å². The molecule has 0 unspecified atom stereocenters. The number of H-pyrrole nitrogens is 2. The van der Waals surface area contributed by atoms with Gasteiger partial charge in [0.1, 0.15) is 0 Å². The van der Waals surface area contributed by atoms with Gasteiger partial charge in [-0.05, 0) is 74.0 Å². The van der Waals surface area contributed by atoms with Gasteiger partial charge in [-0.15, -0.1) is 0 Å². The fourth-order valence-corrected chi connectivity index (χ4v) is 4.22. The molecule has 3 aromatic rings. The number of rotatable bonds is 10. The van der Waals surface area contributed by atoms with Gasteiger partial charge in [-0.2, -0.15) is 0 Å². The molecular weight excluding hydrogens is 470 g/mol. The molecule has 0 amide bonds. The molecule has 1 aromatic heterocycles. The molecule has 0 aliphatic rings. The molecule has 2 aromatic carbocycles. The second kappa shape index (κ2) is 12.8.